The summed E-state index contributed by atoms with van der Waals surface area (Å²) in [5.41, 5.74) is 1.19. The van der Waals surface area contributed by atoms with Gasteiger partial charge in [0.1, 0.15) is 0 Å². The number of nitrogens with one attached hydrogen (secondary N) is 1. The first-order valence-corrected chi connectivity index (χ1v) is 8.26. The van der Waals surface area contributed by atoms with E-state index in [0.717, 1.165) is 37.7 Å². The van der Waals surface area contributed by atoms with Crippen molar-refractivity contribution in [2.24, 2.45) is 5.92 Å². The Morgan fingerprint density at radius 1 is 1.43 bits per heavy atom. The summed E-state index contributed by atoms with van der Waals surface area (Å²) in [6, 6.07) is 8.41. The molecule has 1 N–H and O–H groups in total. The van der Waals surface area contributed by atoms with E-state index in [4.69, 9.17) is 16.3 Å². The maximum absolute atomic E-state index is 6.30. The highest BCUT2D eigenvalue weighted by Gasteiger charge is 2.17. The minimum atomic E-state index is 0.309. The average molecular weight is 311 g/mol. The molecular formula is C17H27ClN2O. The molecule has 4 heteroatoms. The van der Waals surface area contributed by atoms with Crippen molar-refractivity contribution in [3.8, 4) is 0 Å². The second-order valence-corrected chi connectivity index (χ2v) is 6.40. The molecule has 2 atom stereocenters. The maximum atomic E-state index is 6.30. The van der Waals surface area contributed by atoms with Crippen molar-refractivity contribution in [3.05, 3.63) is 34.9 Å². The van der Waals surface area contributed by atoms with Crippen LogP contribution in [0.2, 0.25) is 5.02 Å². The predicted molar refractivity (Wildman–Crippen MR) is 88.9 cm³/mol. The molecule has 3 nitrogen and oxygen atoms in total. The Hall–Kier alpha value is -0.610. The summed E-state index contributed by atoms with van der Waals surface area (Å²) in [7, 11) is 4.21. The first-order chi connectivity index (χ1) is 10.2. The van der Waals surface area contributed by atoms with Crippen molar-refractivity contribution in [3.63, 3.8) is 0 Å². The summed E-state index contributed by atoms with van der Waals surface area (Å²) in [5, 5.41) is 4.23. The van der Waals surface area contributed by atoms with Gasteiger partial charge in [-0.25, -0.2) is 0 Å². The van der Waals surface area contributed by atoms with Crippen molar-refractivity contribution < 1.29 is 4.74 Å². The molecule has 1 fully saturated rings. The molecule has 0 radical (unpaired) electrons. The Labute approximate surface area is 133 Å². The van der Waals surface area contributed by atoms with Gasteiger partial charge in [-0.3, -0.25) is 0 Å². The minimum Gasteiger partial charge on any atom is -0.381 e. The van der Waals surface area contributed by atoms with Crippen molar-refractivity contribution >= 4 is 11.6 Å². The molecule has 2 unspecified atom stereocenters. The summed E-state index contributed by atoms with van der Waals surface area (Å²) in [6.45, 7) is 4.05. The highest BCUT2D eigenvalue weighted by molar-refractivity contribution is 6.31. The second kappa shape index (κ2) is 8.74. The Kier molecular flexibility index (Phi) is 6.97. The molecule has 118 valence electrons. The highest BCUT2D eigenvalue weighted by atomic mass is 35.5. The topological polar surface area (TPSA) is 24.5 Å². The van der Waals surface area contributed by atoms with Crippen LogP contribution in [0.4, 0.5) is 0 Å². The van der Waals surface area contributed by atoms with E-state index in [1.165, 1.54) is 18.4 Å². The molecular weight excluding hydrogens is 284 g/mol. The normalized spacial score (nSPS) is 20.7. The number of benzene rings is 1. The lowest BCUT2D eigenvalue weighted by Gasteiger charge is -2.28. The van der Waals surface area contributed by atoms with E-state index in [0.29, 0.717) is 12.0 Å². The fourth-order valence-corrected chi connectivity index (χ4v) is 3.31. The SMILES string of the molecule is CNC(CCN(C)CC1CCCOC1)c1ccccc1Cl. The molecule has 0 saturated carbocycles. The van der Waals surface area contributed by atoms with Gasteiger partial charge >= 0.3 is 0 Å². The van der Waals surface area contributed by atoms with Gasteiger partial charge in [0.15, 0.2) is 0 Å². The molecule has 1 saturated heterocycles. The van der Waals surface area contributed by atoms with Crippen molar-refractivity contribution in [1.82, 2.24) is 10.2 Å². The number of hydrogen-bond donors (Lipinski definition) is 1. The van der Waals surface area contributed by atoms with Gasteiger partial charge < -0.3 is 15.0 Å². The summed E-state index contributed by atoms with van der Waals surface area (Å²) in [4.78, 5) is 2.42. The average Bonchev–Trinajstić information content (AvgIpc) is 2.50. The van der Waals surface area contributed by atoms with Gasteiger partial charge in [0.2, 0.25) is 0 Å². The van der Waals surface area contributed by atoms with Crippen molar-refractivity contribution in [2.45, 2.75) is 25.3 Å². The third-order valence-corrected chi connectivity index (χ3v) is 4.60. The van der Waals surface area contributed by atoms with Crippen LogP contribution >= 0.6 is 11.6 Å². The molecule has 1 aliphatic heterocycles. The lowest BCUT2D eigenvalue weighted by Crippen LogP contribution is -2.33. The molecule has 2 rings (SSSR count). The quantitative estimate of drug-likeness (QED) is 0.836. The molecule has 0 amide bonds. The molecule has 1 aromatic rings. The lowest BCUT2D eigenvalue weighted by atomic mass is 10.0. The van der Waals surface area contributed by atoms with Crippen LogP contribution in [0.5, 0.6) is 0 Å². The molecule has 21 heavy (non-hydrogen) atoms. The number of hydrogen-bond acceptors (Lipinski definition) is 3. The molecule has 1 aromatic carbocycles. The first-order valence-electron chi connectivity index (χ1n) is 7.88. The molecule has 0 spiro atoms. The molecule has 1 heterocycles. The van der Waals surface area contributed by atoms with E-state index >= 15 is 0 Å². The number of nitrogens with zero attached hydrogens (tertiary/aromatic N) is 1. The van der Waals surface area contributed by atoms with Gasteiger partial charge in [-0.15, -0.1) is 0 Å². The Bertz CT molecular complexity index is 421. The lowest BCUT2D eigenvalue weighted by molar-refractivity contribution is 0.0416. The van der Waals surface area contributed by atoms with E-state index in [2.05, 4.69) is 29.4 Å². The smallest absolute Gasteiger partial charge is 0.0506 e. The Morgan fingerprint density at radius 2 is 2.24 bits per heavy atom. The van der Waals surface area contributed by atoms with Gasteiger partial charge in [-0.05, 0) is 57.5 Å². The van der Waals surface area contributed by atoms with E-state index in [1.807, 2.05) is 19.2 Å². The molecule has 1 aliphatic rings. The zero-order valence-corrected chi connectivity index (χ0v) is 13.9. The van der Waals surface area contributed by atoms with Gasteiger partial charge in [0, 0.05) is 24.2 Å². The van der Waals surface area contributed by atoms with E-state index in [1.54, 1.807) is 0 Å². The number of rotatable bonds is 7. The number of ether oxygens (including phenoxy) is 1. The van der Waals surface area contributed by atoms with Crippen LogP contribution < -0.4 is 5.32 Å². The first kappa shape index (κ1) is 16.8. The van der Waals surface area contributed by atoms with Gasteiger partial charge in [0.05, 0.1) is 6.61 Å². The van der Waals surface area contributed by atoms with Gasteiger partial charge in [-0.2, -0.15) is 0 Å². The highest BCUT2D eigenvalue weighted by Crippen LogP contribution is 2.25. The van der Waals surface area contributed by atoms with Crippen molar-refractivity contribution in [1.29, 1.82) is 0 Å². The van der Waals surface area contributed by atoms with Crippen LogP contribution in [0.15, 0.2) is 24.3 Å². The second-order valence-electron chi connectivity index (χ2n) is 6.00. The Morgan fingerprint density at radius 3 is 2.90 bits per heavy atom. The van der Waals surface area contributed by atoms with E-state index < -0.39 is 0 Å². The van der Waals surface area contributed by atoms with Crippen LogP contribution in [0.1, 0.15) is 30.9 Å². The fraction of sp³-hybridized carbons (Fsp3) is 0.647. The van der Waals surface area contributed by atoms with Gasteiger partial charge in [-0.1, -0.05) is 29.8 Å². The van der Waals surface area contributed by atoms with E-state index in [-0.39, 0.29) is 0 Å². The maximum Gasteiger partial charge on any atom is 0.0506 e. The summed E-state index contributed by atoms with van der Waals surface area (Å²) in [5.74, 6) is 0.692. The molecule has 0 aliphatic carbocycles. The van der Waals surface area contributed by atoms with Crippen LogP contribution in [-0.2, 0) is 4.74 Å². The van der Waals surface area contributed by atoms with Crippen LogP contribution in [0.25, 0.3) is 0 Å². The van der Waals surface area contributed by atoms with Crippen LogP contribution in [0, 0.1) is 5.92 Å². The standard InChI is InChI=1S/C17H27ClN2O/c1-19-17(15-7-3-4-8-16(15)18)9-10-20(2)12-14-6-5-11-21-13-14/h3-4,7-8,14,17,19H,5-6,9-13H2,1-2H3. The van der Waals surface area contributed by atoms with Crippen LogP contribution in [-0.4, -0.2) is 45.3 Å². The molecule has 0 aromatic heterocycles. The summed E-state index contributed by atoms with van der Waals surface area (Å²) >= 11 is 6.30. The number of halogens is 1. The largest absolute Gasteiger partial charge is 0.381 e. The van der Waals surface area contributed by atoms with Gasteiger partial charge in [0.25, 0.3) is 0 Å². The zero-order valence-electron chi connectivity index (χ0n) is 13.1. The third kappa shape index (κ3) is 5.26. The molecule has 0 bridgehead atoms. The fourth-order valence-electron chi connectivity index (χ4n) is 3.05. The van der Waals surface area contributed by atoms with E-state index in [9.17, 15) is 0 Å². The summed E-state index contributed by atoms with van der Waals surface area (Å²) in [6.07, 6.45) is 3.56. The predicted octanol–water partition coefficient (Wildman–Crippen LogP) is 3.35. The van der Waals surface area contributed by atoms with Crippen LogP contribution in [0.3, 0.4) is 0 Å². The third-order valence-electron chi connectivity index (χ3n) is 4.25. The minimum absolute atomic E-state index is 0.309. The van der Waals surface area contributed by atoms with Crippen molar-refractivity contribution in [2.75, 3.05) is 40.4 Å². The Balaban J connectivity index is 1.81. The summed E-state index contributed by atoms with van der Waals surface area (Å²) < 4.78 is 5.56. The monoisotopic (exact) mass is 310 g/mol. The zero-order chi connectivity index (χ0) is 15.1.